The Kier molecular flexibility index (Phi) is 8.90. The number of ketones is 1. The van der Waals surface area contributed by atoms with Crippen LogP contribution in [0.25, 0.3) is 0 Å². The van der Waals surface area contributed by atoms with Crippen molar-refractivity contribution in [1.29, 1.82) is 0 Å². The van der Waals surface area contributed by atoms with Gasteiger partial charge in [0.05, 0.1) is 0 Å². The van der Waals surface area contributed by atoms with Gasteiger partial charge in [-0.15, -0.1) is 12.4 Å². The summed E-state index contributed by atoms with van der Waals surface area (Å²) in [5.41, 5.74) is 2.97. The molecule has 0 aliphatic rings. The predicted octanol–water partition coefficient (Wildman–Crippen LogP) is 2.37. The molecule has 0 bridgehead atoms. The fraction of sp³-hybridized carbons (Fsp3) is 0.500. The Morgan fingerprint density at radius 2 is 1.81 bits per heavy atom. The second-order valence-electron chi connectivity index (χ2n) is 5.14. The van der Waals surface area contributed by atoms with Crippen LogP contribution in [0.5, 0.6) is 0 Å². The van der Waals surface area contributed by atoms with Crippen LogP contribution < -0.4 is 5.32 Å². The summed E-state index contributed by atoms with van der Waals surface area (Å²) in [5.74, 6) is 0.0425. The highest BCUT2D eigenvalue weighted by Gasteiger charge is 2.12. The van der Waals surface area contributed by atoms with Gasteiger partial charge in [-0.2, -0.15) is 0 Å². The second-order valence-corrected chi connectivity index (χ2v) is 5.14. The molecule has 1 aromatic carbocycles. The molecule has 0 unspecified atom stereocenters. The zero-order chi connectivity index (χ0) is 15.1. The number of carbonyl (C=O) groups excluding carboxylic acids is 2. The maximum atomic E-state index is 12.1. The molecule has 0 radical (unpaired) electrons. The van der Waals surface area contributed by atoms with Gasteiger partial charge in [0.25, 0.3) is 0 Å². The molecule has 0 saturated carbocycles. The quantitative estimate of drug-likeness (QED) is 0.786. The third-order valence-electron chi connectivity index (χ3n) is 3.52. The first kappa shape index (κ1) is 19.6. The molecule has 4 nitrogen and oxygen atoms in total. The number of hydrogen-bond acceptors (Lipinski definition) is 3. The van der Waals surface area contributed by atoms with Gasteiger partial charge in [-0.3, -0.25) is 9.59 Å². The summed E-state index contributed by atoms with van der Waals surface area (Å²) in [7, 11) is 3.61. The topological polar surface area (TPSA) is 49.4 Å². The third-order valence-corrected chi connectivity index (χ3v) is 3.52. The van der Waals surface area contributed by atoms with Gasteiger partial charge in [0, 0.05) is 38.5 Å². The van der Waals surface area contributed by atoms with Gasteiger partial charge in [-0.05, 0) is 38.1 Å². The van der Waals surface area contributed by atoms with Crippen LogP contribution in [0.1, 0.15) is 34.3 Å². The van der Waals surface area contributed by atoms with Crippen molar-refractivity contribution in [3.05, 3.63) is 34.9 Å². The van der Waals surface area contributed by atoms with Crippen LogP contribution in [0, 0.1) is 13.8 Å². The van der Waals surface area contributed by atoms with Gasteiger partial charge in [0.1, 0.15) is 0 Å². The van der Waals surface area contributed by atoms with E-state index in [0.717, 1.165) is 12.1 Å². The van der Waals surface area contributed by atoms with Gasteiger partial charge in [0.15, 0.2) is 5.78 Å². The molecule has 0 aliphatic heterocycles. The summed E-state index contributed by atoms with van der Waals surface area (Å²) in [4.78, 5) is 25.6. The van der Waals surface area contributed by atoms with Crippen molar-refractivity contribution in [2.24, 2.45) is 0 Å². The molecule has 0 heterocycles. The van der Waals surface area contributed by atoms with Gasteiger partial charge in [-0.25, -0.2) is 0 Å². The first-order valence-electron chi connectivity index (χ1n) is 6.94. The maximum Gasteiger partial charge on any atom is 0.222 e. The Bertz CT molecular complexity index is 489. The number of carbonyl (C=O) groups is 2. The molecule has 1 amide bonds. The van der Waals surface area contributed by atoms with Crippen molar-refractivity contribution in [2.45, 2.75) is 26.7 Å². The smallest absolute Gasteiger partial charge is 0.222 e. The first-order valence-corrected chi connectivity index (χ1v) is 6.94. The van der Waals surface area contributed by atoms with Crippen molar-refractivity contribution >= 4 is 24.1 Å². The molecule has 5 heteroatoms. The van der Waals surface area contributed by atoms with E-state index < -0.39 is 0 Å². The van der Waals surface area contributed by atoms with Crippen molar-refractivity contribution in [1.82, 2.24) is 10.2 Å². The predicted molar refractivity (Wildman–Crippen MR) is 88.3 cm³/mol. The van der Waals surface area contributed by atoms with Crippen LogP contribution in [0.3, 0.4) is 0 Å². The molecule has 0 aliphatic carbocycles. The van der Waals surface area contributed by atoms with E-state index in [1.165, 1.54) is 5.56 Å². The van der Waals surface area contributed by atoms with E-state index in [4.69, 9.17) is 0 Å². The lowest BCUT2D eigenvalue weighted by Crippen LogP contribution is -2.32. The minimum atomic E-state index is 0. The Labute approximate surface area is 133 Å². The van der Waals surface area contributed by atoms with Crippen LogP contribution in [0.4, 0.5) is 0 Å². The SMILES string of the molecule is CNCCN(C)C(=O)CCC(=O)c1ccc(C)c(C)c1.Cl. The largest absolute Gasteiger partial charge is 0.344 e. The van der Waals surface area contributed by atoms with Crippen molar-refractivity contribution < 1.29 is 9.59 Å². The Morgan fingerprint density at radius 1 is 1.14 bits per heavy atom. The molecule has 0 saturated heterocycles. The number of amides is 1. The summed E-state index contributed by atoms with van der Waals surface area (Å²) in [5, 5.41) is 2.99. The third kappa shape index (κ3) is 6.27. The number of nitrogens with zero attached hydrogens (tertiary/aromatic N) is 1. The normalized spacial score (nSPS) is 9.90. The molecule has 0 spiro atoms. The molecule has 118 valence electrons. The van der Waals surface area contributed by atoms with Gasteiger partial charge >= 0.3 is 0 Å². The summed E-state index contributed by atoms with van der Waals surface area (Å²) in [6.07, 6.45) is 0.539. The van der Waals surface area contributed by atoms with Crippen molar-refractivity contribution in [2.75, 3.05) is 27.2 Å². The Balaban J connectivity index is 0.00000400. The van der Waals surface area contributed by atoms with Crippen molar-refractivity contribution in [3.8, 4) is 0 Å². The highest BCUT2D eigenvalue weighted by molar-refractivity contribution is 5.98. The van der Waals surface area contributed by atoms with Crippen LogP contribution in [-0.4, -0.2) is 43.8 Å². The molecular formula is C16H25ClN2O2. The zero-order valence-corrected chi connectivity index (χ0v) is 14.0. The van der Waals surface area contributed by atoms with Crippen LogP contribution in [0.15, 0.2) is 18.2 Å². The summed E-state index contributed by atoms with van der Waals surface area (Å²) < 4.78 is 0. The molecule has 1 N–H and O–H groups in total. The average molecular weight is 313 g/mol. The monoisotopic (exact) mass is 312 g/mol. The van der Waals surface area contributed by atoms with Crippen LogP contribution in [0.2, 0.25) is 0 Å². The Hall–Kier alpha value is -1.39. The summed E-state index contributed by atoms with van der Waals surface area (Å²) in [6.45, 7) is 5.42. The summed E-state index contributed by atoms with van der Waals surface area (Å²) in [6, 6.07) is 5.68. The molecule has 0 aromatic heterocycles. The van der Waals surface area contributed by atoms with Gasteiger partial charge in [-0.1, -0.05) is 12.1 Å². The number of likely N-dealkylation sites (N-methyl/N-ethyl adjacent to an activating group) is 2. The van der Waals surface area contributed by atoms with E-state index in [9.17, 15) is 9.59 Å². The van der Waals surface area contributed by atoms with E-state index >= 15 is 0 Å². The molecule has 21 heavy (non-hydrogen) atoms. The number of aryl methyl sites for hydroxylation is 2. The minimum absolute atomic E-state index is 0. The molecule has 0 fully saturated rings. The highest BCUT2D eigenvalue weighted by atomic mass is 35.5. The first-order chi connectivity index (χ1) is 9.45. The molecule has 1 aromatic rings. The lowest BCUT2D eigenvalue weighted by atomic mass is 10.0. The van der Waals surface area contributed by atoms with E-state index in [1.54, 1.807) is 11.9 Å². The number of Topliss-reactive ketones (excluding diaryl/α,β-unsaturated/α-hetero) is 1. The summed E-state index contributed by atoms with van der Waals surface area (Å²) >= 11 is 0. The van der Waals surface area contributed by atoms with Crippen LogP contribution >= 0.6 is 12.4 Å². The number of nitrogens with one attached hydrogen (secondary N) is 1. The fourth-order valence-electron chi connectivity index (χ4n) is 1.87. The number of halogens is 1. The fourth-order valence-corrected chi connectivity index (χ4v) is 1.87. The zero-order valence-electron chi connectivity index (χ0n) is 13.2. The van der Waals surface area contributed by atoms with E-state index in [2.05, 4.69) is 5.32 Å². The van der Waals surface area contributed by atoms with E-state index in [0.29, 0.717) is 12.1 Å². The number of rotatable bonds is 7. The Morgan fingerprint density at radius 3 is 2.38 bits per heavy atom. The van der Waals surface area contributed by atoms with E-state index in [1.807, 2.05) is 39.1 Å². The highest BCUT2D eigenvalue weighted by Crippen LogP contribution is 2.12. The second kappa shape index (κ2) is 9.53. The maximum absolute atomic E-state index is 12.1. The molecular weight excluding hydrogens is 288 g/mol. The van der Waals surface area contributed by atoms with Crippen LogP contribution in [-0.2, 0) is 4.79 Å². The lowest BCUT2D eigenvalue weighted by molar-refractivity contribution is -0.129. The molecule has 0 atom stereocenters. The lowest BCUT2D eigenvalue weighted by Gasteiger charge is -2.16. The van der Waals surface area contributed by atoms with Gasteiger partial charge in [0.2, 0.25) is 5.91 Å². The standard InChI is InChI=1S/C16H24N2O2.ClH/c1-12-5-6-14(11-13(12)2)15(19)7-8-16(20)18(4)10-9-17-3;/h5-6,11,17H,7-10H2,1-4H3;1H. The average Bonchev–Trinajstić information content (AvgIpc) is 2.44. The molecule has 1 rings (SSSR count). The minimum Gasteiger partial charge on any atom is -0.344 e. The number of benzene rings is 1. The van der Waals surface area contributed by atoms with E-state index in [-0.39, 0.29) is 36.9 Å². The van der Waals surface area contributed by atoms with Gasteiger partial charge < -0.3 is 10.2 Å². The number of hydrogen-bond donors (Lipinski definition) is 1. The van der Waals surface area contributed by atoms with Crippen molar-refractivity contribution in [3.63, 3.8) is 0 Å².